The molecule has 2 heterocycles. The van der Waals surface area contributed by atoms with Gasteiger partial charge in [-0.15, -0.1) is 0 Å². The summed E-state index contributed by atoms with van der Waals surface area (Å²) in [5.41, 5.74) is 1.31. The van der Waals surface area contributed by atoms with Gasteiger partial charge in [-0.3, -0.25) is 4.98 Å². The lowest BCUT2D eigenvalue weighted by atomic mass is 10.1. The molecule has 0 aliphatic rings. The van der Waals surface area contributed by atoms with Gasteiger partial charge in [0.2, 0.25) is 6.10 Å². The minimum Gasteiger partial charge on any atom is -0.377 e. The molecule has 2 aromatic heterocycles. The number of imidazole rings is 1. The summed E-state index contributed by atoms with van der Waals surface area (Å²) in [4.78, 5) is 7.91. The predicted molar refractivity (Wildman–Crippen MR) is 94.4 cm³/mol. The van der Waals surface area contributed by atoms with Gasteiger partial charge in [-0.05, 0) is 23.7 Å². The Morgan fingerprint density at radius 2 is 1.88 bits per heavy atom. The number of aliphatic hydroxyl groups is 1. The highest BCUT2D eigenvalue weighted by Gasteiger charge is 2.42. The number of nitrogens with zero attached hydrogens (tertiary/aromatic N) is 3. The number of pyridine rings is 1. The molecule has 26 heavy (non-hydrogen) atoms. The summed E-state index contributed by atoms with van der Waals surface area (Å²) >= 11 is 0. The van der Waals surface area contributed by atoms with Crippen molar-refractivity contribution < 1.29 is 23.0 Å². The average molecular weight is 387 g/mol. The van der Waals surface area contributed by atoms with Gasteiger partial charge in [-0.2, -0.15) is 13.2 Å². The van der Waals surface area contributed by atoms with Crippen molar-refractivity contribution in [3.05, 3.63) is 47.8 Å². The second-order valence-corrected chi connectivity index (χ2v) is 13.0. The van der Waals surface area contributed by atoms with Gasteiger partial charge in [0.25, 0.3) is 0 Å². The maximum atomic E-state index is 12.9. The van der Waals surface area contributed by atoms with E-state index in [0.717, 1.165) is 11.6 Å². The summed E-state index contributed by atoms with van der Waals surface area (Å²) < 4.78 is 45.6. The Labute approximate surface area is 151 Å². The van der Waals surface area contributed by atoms with Crippen molar-refractivity contribution in [3.8, 4) is 0 Å². The van der Waals surface area contributed by atoms with E-state index in [9.17, 15) is 18.3 Å². The first-order chi connectivity index (χ1) is 12.1. The molecule has 0 saturated heterocycles. The molecule has 2 aromatic rings. The van der Waals surface area contributed by atoms with Gasteiger partial charge < -0.3 is 14.4 Å². The lowest BCUT2D eigenvalue weighted by Gasteiger charge is -2.18. The van der Waals surface area contributed by atoms with Crippen molar-refractivity contribution in [1.29, 1.82) is 0 Å². The van der Waals surface area contributed by atoms with E-state index in [1.807, 2.05) is 0 Å². The second kappa shape index (κ2) is 8.32. The van der Waals surface area contributed by atoms with Crippen molar-refractivity contribution in [2.45, 2.75) is 51.1 Å². The fraction of sp³-hybridized carbons (Fsp3) is 0.529. The number of hydrogen-bond donors (Lipinski definition) is 1. The monoisotopic (exact) mass is 387 g/mol. The second-order valence-electron chi connectivity index (χ2n) is 7.38. The molecule has 1 N–H and O–H groups in total. The van der Waals surface area contributed by atoms with Crippen LogP contribution in [0.3, 0.4) is 0 Å². The zero-order chi connectivity index (χ0) is 19.4. The smallest absolute Gasteiger partial charge is 0.377 e. The molecule has 0 saturated carbocycles. The van der Waals surface area contributed by atoms with E-state index >= 15 is 0 Å². The summed E-state index contributed by atoms with van der Waals surface area (Å²) in [6.07, 6.45) is -2.36. The molecule has 0 fully saturated rings. The topological polar surface area (TPSA) is 60.2 Å². The van der Waals surface area contributed by atoms with Crippen LogP contribution in [-0.2, 0) is 17.9 Å². The normalized spacial score (nSPS) is 13.8. The zero-order valence-corrected chi connectivity index (χ0v) is 16.1. The Morgan fingerprint density at radius 1 is 1.23 bits per heavy atom. The summed E-state index contributed by atoms with van der Waals surface area (Å²) in [5, 5.41) is 9.64. The molecule has 1 atom stereocenters. The highest BCUT2D eigenvalue weighted by atomic mass is 28.3. The van der Waals surface area contributed by atoms with Crippen molar-refractivity contribution in [3.63, 3.8) is 0 Å². The maximum Gasteiger partial charge on any atom is 0.421 e. The molecule has 9 heteroatoms. The number of hydrogen-bond acceptors (Lipinski definition) is 4. The van der Waals surface area contributed by atoms with Gasteiger partial charge in [0.05, 0.1) is 5.69 Å². The van der Waals surface area contributed by atoms with Crippen LogP contribution in [0.2, 0.25) is 25.7 Å². The molecule has 1 unspecified atom stereocenters. The molecule has 144 valence electrons. The van der Waals surface area contributed by atoms with E-state index in [1.54, 1.807) is 24.5 Å². The number of aliphatic hydroxyl groups excluding tert-OH is 1. The predicted octanol–water partition coefficient (Wildman–Crippen LogP) is 3.78. The number of aromatic nitrogens is 3. The van der Waals surface area contributed by atoms with Crippen LogP contribution in [0.4, 0.5) is 13.2 Å². The van der Waals surface area contributed by atoms with Crippen LogP contribution in [0.25, 0.3) is 0 Å². The molecule has 0 radical (unpaired) electrons. The molecular formula is C17H24F3N3O2Si. The molecular weight excluding hydrogens is 363 g/mol. The minimum atomic E-state index is -4.78. The Balaban J connectivity index is 2.15. The van der Waals surface area contributed by atoms with Crippen molar-refractivity contribution in [1.82, 2.24) is 14.5 Å². The van der Waals surface area contributed by atoms with E-state index in [0.29, 0.717) is 18.7 Å². The number of rotatable bonds is 8. The molecule has 0 spiro atoms. The average Bonchev–Trinajstić information content (AvgIpc) is 2.92. The summed E-state index contributed by atoms with van der Waals surface area (Å²) in [5.74, 6) is -0.449. The molecule has 5 nitrogen and oxygen atoms in total. The van der Waals surface area contributed by atoms with Gasteiger partial charge in [0.15, 0.2) is 0 Å². The summed E-state index contributed by atoms with van der Waals surface area (Å²) in [6, 6.07) is 4.44. The van der Waals surface area contributed by atoms with Crippen molar-refractivity contribution in [2.75, 3.05) is 6.61 Å². The Hall–Kier alpha value is -1.71. The Bertz CT molecular complexity index is 700. The highest BCUT2D eigenvalue weighted by molar-refractivity contribution is 6.76. The molecule has 0 amide bonds. The lowest BCUT2D eigenvalue weighted by Crippen LogP contribution is -2.25. The van der Waals surface area contributed by atoms with Gasteiger partial charge in [0, 0.05) is 39.7 Å². The SMILES string of the molecule is C[Si](C)(C)CCOCn1cc(Cc2ccncc2)nc1C(O)C(F)(F)F. The van der Waals surface area contributed by atoms with Crippen LogP contribution in [0.1, 0.15) is 23.2 Å². The Morgan fingerprint density at radius 3 is 2.46 bits per heavy atom. The first-order valence-corrected chi connectivity index (χ1v) is 12.0. The third kappa shape index (κ3) is 6.22. The van der Waals surface area contributed by atoms with Gasteiger partial charge in [-0.25, -0.2) is 4.98 Å². The van der Waals surface area contributed by atoms with Gasteiger partial charge in [-0.1, -0.05) is 19.6 Å². The number of alkyl halides is 3. The summed E-state index contributed by atoms with van der Waals surface area (Å²) in [6.45, 7) is 6.98. The minimum absolute atomic E-state index is 0.0731. The standard InChI is InChI=1S/C17H24F3N3O2Si/c1-26(2,3)9-8-25-12-23-11-14(10-13-4-6-21-7-5-13)22-16(23)15(24)17(18,19)20/h4-7,11,15,24H,8-10,12H2,1-3H3. The molecule has 0 aliphatic heterocycles. The van der Waals surface area contributed by atoms with E-state index in [2.05, 4.69) is 29.6 Å². The largest absolute Gasteiger partial charge is 0.421 e. The lowest BCUT2D eigenvalue weighted by molar-refractivity contribution is -0.210. The molecule has 0 aromatic carbocycles. The van der Waals surface area contributed by atoms with E-state index < -0.39 is 26.2 Å². The third-order valence-corrected chi connectivity index (χ3v) is 5.48. The van der Waals surface area contributed by atoms with Crippen LogP contribution in [-0.4, -0.2) is 40.5 Å². The first kappa shape index (κ1) is 20.6. The van der Waals surface area contributed by atoms with Crippen LogP contribution in [0, 0.1) is 0 Å². The molecule has 2 rings (SSSR count). The van der Waals surface area contributed by atoms with Crippen molar-refractivity contribution >= 4 is 8.07 Å². The molecule has 0 aliphatic carbocycles. The fourth-order valence-corrected chi connectivity index (χ4v) is 3.05. The molecule has 0 bridgehead atoms. The van der Waals surface area contributed by atoms with E-state index in [1.165, 1.54) is 10.8 Å². The van der Waals surface area contributed by atoms with Gasteiger partial charge >= 0.3 is 6.18 Å². The summed E-state index contributed by atoms with van der Waals surface area (Å²) in [7, 11) is -1.29. The van der Waals surface area contributed by atoms with Crippen LogP contribution < -0.4 is 0 Å². The van der Waals surface area contributed by atoms with Crippen LogP contribution >= 0.6 is 0 Å². The number of halogens is 3. The quantitative estimate of drug-likeness (QED) is 0.553. The van der Waals surface area contributed by atoms with E-state index in [-0.39, 0.29) is 6.73 Å². The Kier molecular flexibility index (Phi) is 6.59. The highest BCUT2D eigenvalue weighted by Crippen LogP contribution is 2.32. The maximum absolute atomic E-state index is 12.9. The first-order valence-electron chi connectivity index (χ1n) is 8.33. The fourth-order valence-electron chi connectivity index (χ4n) is 2.29. The van der Waals surface area contributed by atoms with Crippen LogP contribution in [0.15, 0.2) is 30.7 Å². The van der Waals surface area contributed by atoms with Crippen LogP contribution in [0.5, 0.6) is 0 Å². The zero-order valence-electron chi connectivity index (χ0n) is 15.1. The van der Waals surface area contributed by atoms with Crippen molar-refractivity contribution in [2.24, 2.45) is 0 Å². The number of ether oxygens (including phenoxy) is 1. The van der Waals surface area contributed by atoms with E-state index in [4.69, 9.17) is 4.74 Å². The third-order valence-electron chi connectivity index (χ3n) is 3.77. The van der Waals surface area contributed by atoms with Gasteiger partial charge in [0.1, 0.15) is 12.6 Å².